The van der Waals surface area contributed by atoms with Gasteiger partial charge >= 0.3 is 0 Å². The van der Waals surface area contributed by atoms with Crippen molar-refractivity contribution < 1.29 is 0 Å². The molecule has 0 aliphatic heterocycles. The van der Waals surface area contributed by atoms with Crippen LogP contribution in [0.5, 0.6) is 0 Å². The predicted molar refractivity (Wildman–Crippen MR) is 160 cm³/mol. The minimum absolute atomic E-state index is 0.102. The van der Waals surface area contributed by atoms with Crippen LogP contribution in [0.4, 0.5) is 0 Å². The van der Waals surface area contributed by atoms with Crippen molar-refractivity contribution in [1.82, 2.24) is 0 Å². The Labute approximate surface area is 222 Å². The third-order valence-electron chi connectivity index (χ3n) is 7.08. The Bertz CT molecular complexity index is 669. The molecule has 0 fully saturated rings. The first kappa shape index (κ1) is 29.4. The van der Waals surface area contributed by atoms with Gasteiger partial charge in [0.2, 0.25) is 0 Å². The van der Waals surface area contributed by atoms with Gasteiger partial charge in [0, 0.05) is 10.5 Å². The van der Waals surface area contributed by atoms with Gasteiger partial charge in [-0.15, -0.1) is 0 Å². The molecule has 0 aromatic heterocycles. The van der Waals surface area contributed by atoms with Gasteiger partial charge in [0.15, 0.2) is 0 Å². The Hall–Kier alpha value is -0.860. The standard InChI is InChI=1S/C32H50S2/c1-3-5-7-9-11-13-15-17-27-19-23-29(24-20-27)31(33)32(34)30-25-21-28(22-26-30)18-16-14-12-10-8-6-4-2/h19-26,31-34H,3-18H2,1-2H3. The first-order valence-corrected chi connectivity index (χ1v) is 15.2. The summed E-state index contributed by atoms with van der Waals surface area (Å²) in [6.45, 7) is 4.56. The molecular formula is C32H50S2. The van der Waals surface area contributed by atoms with Gasteiger partial charge < -0.3 is 0 Å². The summed E-state index contributed by atoms with van der Waals surface area (Å²) in [4.78, 5) is 0. The molecule has 0 bridgehead atoms. The molecule has 2 rings (SSSR count). The van der Waals surface area contributed by atoms with Gasteiger partial charge in [0.1, 0.15) is 0 Å². The molecule has 2 aromatic carbocycles. The Morgan fingerprint density at radius 3 is 1.06 bits per heavy atom. The second-order valence-electron chi connectivity index (χ2n) is 10.1. The van der Waals surface area contributed by atoms with Gasteiger partial charge in [-0.3, -0.25) is 0 Å². The molecule has 2 atom stereocenters. The van der Waals surface area contributed by atoms with E-state index in [1.165, 1.54) is 125 Å². The van der Waals surface area contributed by atoms with E-state index < -0.39 is 0 Å². The Morgan fingerprint density at radius 2 is 0.735 bits per heavy atom. The van der Waals surface area contributed by atoms with Gasteiger partial charge in [-0.2, -0.15) is 25.3 Å². The number of hydrogen-bond acceptors (Lipinski definition) is 2. The van der Waals surface area contributed by atoms with E-state index in [1.54, 1.807) is 0 Å². The van der Waals surface area contributed by atoms with Crippen LogP contribution < -0.4 is 0 Å². The highest BCUT2D eigenvalue weighted by Gasteiger charge is 2.18. The molecule has 2 heteroatoms. The number of unbranched alkanes of at least 4 members (excludes halogenated alkanes) is 12. The SMILES string of the molecule is CCCCCCCCCc1ccc(C(S)C(S)c2ccc(CCCCCCCCC)cc2)cc1. The maximum absolute atomic E-state index is 4.94. The highest BCUT2D eigenvalue weighted by atomic mass is 32.1. The lowest BCUT2D eigenvalue weighted by Gasteiger charge is -2.20. The molecule has 0 radical (unpaired) electrons. The van der Waals surface area contributed by atoms with Crippen LogP contribution in [0.15, 0.2) is 48.5 Å². The molecule has 34 heavy (non-hydrogen) atoms. The zero-order valence-electron chi connectivity index (χ0n) is 22.0. The summed E-state index contributed by atoms with van der Waals surface area (Å²) >= 11 is 9.88. The van der Waals surface area contributed by atoms with E-state index in [4.69, 9.17) is 25.3 Å². The molecule has 0 saturated heterocycles. The van der Waals surface area contributed by atoms with Gasteiger partial charge in [0.05, 0.1) is 0 Å². The molecule has 0 N–H and O–H groups in total. The molecule has 0 amide bonds. The fourth-order valence-corrected chi connectivity index (χ4v) is 5.39. The highest BCUT2D eigenvalue weighted by Crippen LogP contribution is 2.39. The van der Waals surface area contributed by atoms with Crippen molar-refractivity contribution in [3.8, 4) is 0 Å². The van der Waals surface area contributed by atoms with Crippen LogP contribution in [0.25, 0.3) is 0 Å². The molecule has 190 valence electrons. The first-order valence-electron chi connectivity index (χ1n) is 14.2. The van der Waals surface area contributed by atoms with E-state index in [9.17, 15) is 0 Å². The fraction of sp³-hybridized carbons (Fsp3) is 0.625. The summed E-state index contributed by atoms with van der Waals surface area (Å²) in [5, 5.41) is 0.204. The normalized spacial score (nSPS) is 13.2. The highest BCUT2D eigenvalue weighted by molar-refractivity contribution is 7.84. The first-order chi connectivity index (χ1) is 16.7. The van der Waals surface area contributed by atoms with Gasteiger partial charge in [-0.25, -0.2) is 0 Å². The van der Waals surface area contributed by atoms with Crippen LogP contribution in [-0.2, 0) is 12.8 Å². The third-order valence-corrected chi connectivity index (χ3v) is 8.51. The van der Waals surface area contributed by atoms with Crippen molar-refractivity contribution in [1.29, 1.82) is 0 Å². The maximum atomic E-state index is 4.94. The number of hydrogen-bond donors (Lipinski definition) is 2. The zero-order valence-corrected chi connectivity index (χ0v) is 23.8. The van der Waals surface area contributed by atoms with Crippen LogP contribution in [0.1, 0.15) is 136 Å². The molecule has 0 heterocycles. The second-order valence-corrected chi connectivity index (χ2v) is 11.2. The molecule has 0 aliphatic carbocycles. The van der Waals surface area contributed by atoms with E-state index in [1.807, 2.05) is 0 Å². The molecule has 0 aliphatic rings. The largest absolute Gasteiger partial charge is 0.170 e. The maximum Gasteiger partial charge on any atom is 0.0424 e. The molecule has 2 aromatic rings. The minimum Gasteiger partial charge on any atom is -0.170 e. The van der Waals surface area contributed by atoms with Crippen LogP contribution in [0, 0.1) is 0 Å². The van der Waals surface area contributed by atoms with Crippen molar-refractivity contribution in [2.75, 3.05) is 0 Å². The lowest BCUT2D eigenvalue weighted by atomic mass is 9.98. The van der Waals surface area contributed by atoms with Crippen LogP contribution in [0.3, 0.4) is 0 Å². The Balaban J connectivity index is 1.71. The molecule has 0 spiro atoms. The number of rotatable bonds is 19. The third kappa shape index (κ3) is 11.7. The van der Waals surface area contributed by atoms with Crippen LogP contribution >= 0.6 is 25.3 Å². The molecule has 0 nitrogen and oxygen atoms in total. The van der Waals surface area contributed by atoms with Crippen molar-refractivity contribution >= 4 is 25.3 Å². The summed E-state index contributed by atoms with van der Waals surface area (Å²) in [7, 11) is 0. The van der Waals surface area contributed by atoms with E-state index in [0.717, 1.165) is 0 Å². The van der Waals surface area contributed by atoms with E-state index in [2.05, 4.69) is 62.4 Å². The Kier molecular flexibility index (Phi) is 15.9. The monoisotopic (exact) mass is 498 g/mol. The summed E-state index contributed by atoms with van der Waals surface area (Å²) in [6.07, 6.45) is 21.5. The van der Waals surface area contributed by atoms with Crippen LogP contribution in [-0.4, -0.2) is 0 Å². The van der Waals surface area contributed by atoms with Gasteiger partial charge in [0.25, 0.3) is 0 Å². The fourth-order valence-electron chi connectivity index (χ4n) is 4.70. The van der Waals surface area contributed by atoms with Gasteiger partial charge in [-0.1, -0.05) is 139 Å². The zero-order chi connectivity index (χ0) is 24.4. The lowest BCUT2D eigenvalue weighted by molar-refractivity contribution is 0.589. The average molecular weight is 499 g/mol. The summed E-state index contributed by atoms with van der Waals surface area (Å²) in [5.41, 5.74) is 5.42. The topological polar surface area (TPSA) is 0 Å². The molecule has 0 saturated carbocycles. The van der Waals surface area contributed by atoms with Gasteiger partial charge in [-0.05, 0) is 47.9 Å². The predicted octanol–water partition coefficient (Wildman–Crippen LogP) is 10.9. The Morgan fingerprint density at radius 1 is 0.441 bits per heavy atom. The molecular weight excluding hydrogens is 448 g/mol. The lowest BCUT2D eigenvalue weighted by Crippen LogP contribution is -2.01. The smallest absolute Gasteiger partial charge is 0.0424 e. The quantitative estimate of drug-likeness (QED) is 0.140. The van der Waals surface area contributed by atoms with E-state index in [-0.39, 0.29) is 10.5 Å². The molecule has 2 unspecified atom stereocenters. The van der Waals surface area contributed by atoms with Crippen molar-refractivity contribution in [3.05, 3.63) is 70.8 Å². The summed E-state index contributed by atoms with van der Waals surface area (Å²) < 4.78 is 0. The second kappa shape index (κ2) is 18.4. The number of thiol groups is 2. The average Bonchev–Trinajstić information content (AvgIpc) is 2.87. The summed E-state index contributed by atoms with van der Waals surface area (Å²) in [5.74, 6) is 0. The van der Waals surface area contributed by atoms with Crippen molar-refractivity contribution in [2.45, 2.75) is 127 Å². The van der Waals surface area contributed by atoms with Crippen molar-refractivity contribution in [2.24, 2.45) is 0 Å². The number of benzene rings is 2. The number of aryl methyl sites for hydroxylation is 2. The van der Waals surface area contributed by atoms with E-state index in [0.29, 0.717) is 0 Å². The van der Waals surface area contributed by atoms with Crippen LogP contribution in [0.2, 0.25) is 0 Å². The van der Waals surface area contributed by atoms with E-state index >= 15 is 0 Å². The summed E-state index contributed by atoms with van der Waals surface area (Å²) in [6, 6.07) is 18.2. The minimum atomic E-state index is 0.102. The van der Waals surface area contributed by atoms with Crippen molar-refractivity contribution in [3.63, 3.8) is 0 Å².